The summed E-state index contributed by atoms with van der Waals surface area (Å²) in [4.78, 5) is 0. The van der Waals surface area contributed by atoms with Crippen molar-refractivity contribution in [3.05, 3.63) is 48.0 Å². The molecule has 0 amide bonds. The van der Waals surface area contributed by atoms with Crippen molar-refractivity contribution in [2.24, 2.45) is 0 Å². The lowest BCUT2D eigenvalue weighted by Gasteiger charge is -2.15. The van der Waals surface area contributed by atoms with E-state index in [1.807, 2.05) is 42.5 Å². The quantitative estimate of drug-likeness (QED) is 0.894. The summed E-state index contributed by atoms with van der Waals surface area (Å²) in [7, 11) is 0. The maximum absolute atomic E-state index is 12.1. The largest absolute Gasteiger partial charge is 0.415 e. The van der Waals surface area contributed by atoms with Crippen LogP contribution in [0.1, 0.15) is 5.56 Å². The normalized spacial score (nSPS) is 13.7. The van der Waals surface area contributed by atoms with Crippen LogP contribution in [0.15, 0.2) is 42.5 Å². The van der Waals surface area contributed by atoms with Gasteiger partial charge in [-0.05, 0) is 16.3 Å². The van der Waals surface area contributed by atoms with E-state index >= 15 is 0 Å². The molecule has 5 heteroatoms. The van der Waals surface area contributed by atoms with E-state index in [1.54, 1.807) is 0 Å². The van der Waals surface area contributed by atoms with Crippen molar-refractivity contribution in [2.75, 3.05) is 6.54 Å². The van der Waals surface area contributed by atoms with E-state index in [1.165, 1.54) is 0 Å². The Kier molecular flexibility index (Phi) is 4.07. The molecular formula is C14H14F3NO. The van der Waals surface area contributed by atoms with Crippen molar-refractivity contribution in [1.82, 2.24) is 5.32 Å². The fourth-order valence-electron chi connectivity index (χ4n) is 1.91. The van der Waals surface area contributed by atoms with Crippen molar-refractivity contribution in [3.8, 4) is 0 Å². The zero-order valence-electron chi connectivity index (χ0n) is 10.1. The first-order valence-electron chi connectivity index (χ1n) is 5.90. The van der Waals surface area contributed by atoms with Crippen LogP contribution < -0.4 is 5.32 Å². The van der Waals surface area contributed by atoms with E-state index in [0.29, 0.717) is 0 Å². The molecule has 102 valence electrons. The molecule has 0 saturated carbocycles. The molecule has 1 unspecified atom stereocenters. The Morgan fingerprint density at radius 2 is 1.74 bits per heavy atom. The standard InChI is InChI=1S/C14H14F3NO/c15-14(16,17)13(19)9-18-8-11-6-3-5-10-4-1-2-7-12(10)11/h1-7,13,18-19H,8-9H2. The van der Waals surface area contributed by atoms with Crippen LogP contribution in [0.4, 0.5) is 13.2 Å². The van der Waals surface area contributed by atoms with Crippen molar-refractivity contribution in [3.63, 3.8) is 0 Å². The number of fused-ring (bicyclic) bond motifs is 1. The molecular weight excluding hydrogens is 255 g/mol. The molecule has 0 spiro atoms. The Balaban J connectivity index is 2.03. The zero-order valence-corrected chi connectivity index (χ0v) is 10.1. The maximum atomic E-state index is 12.1. The molecule has 0 aliphatic carbocycles. The number of halogens is 3. The van der Waals surface area contributed by atoms with Crippen LogP contribution in [-0.4, -0.2) is 23.9 Å². The fourth-order valence-corrected chi connectivity index (χ4v) is 1.91. The van der Waals surface area contributed by atoms with Gasteiger partial charge in [0.25, 0.3) is 0 Å². The van der Waals surface area contributed by atoms with Gasteiger partial charge in [0.2, 0.25) is 0 Å². The third-order valence-corrected chi connectivity index (χ3v) is 2.91. The monoisotopic (exact) mass is 269 g/mol. The van der Waals surface area contributed by atoms with Crippen molar-refractivity contribution in [2.45, 2.75) is 18.8 Å². The highest BCUT2D eigenvalue weighted by atomic mass is 19.4. The second-order valence-corrected chi connectivity index (χ2v) is 4.33. The van der Waals surface area contributed by atoms with Gasteiger partial charge >= 0.3 is 6.18 Å². The molecule has 0 heterocycles. The third-order valence-electron chi connectivity index (χ3n) is 2.91. The highest BCUT2D eigenvalue weighted by Crippen LogP contribution is 2.20. The van der Waals surface area contributed by atoms with Crippen LogP contribution in [0.3, 0.4) is 0 Å². The smallest absolute Gasteiger partial charge is 0.382 e. The van der Waals surface area contributed by atoms with Crippen LogP contribution in [0.2, 0.25) is 0 Å². The lowest BCUT2D eigenvalue weighted by molar-refractivity contribution is -0.201. The minimum absolute atomic E-state index is 0.286. The summed E-state index contributed by atoms with van der Waals surface area (Å²) < 4.78 is 36.4. The Morgan fingerprint density at radius 1 is 1.05 bits per heavy atom. The van der Waals surface area contributed by atoms with E-state index in [9.17, 15) is 13.2 Å². The fraction of sp³-hybridized carbons (Fsp3) is 0.286. The lowest BCUT2D eigenvalue weighted by Crippen LogP contribution is -2.38. The first kappa shape index (κ1) is 13.8. The topological polar surface area (TPSA) is 32.3 Å². The Labute approximate surface area is 108 Å². The predicted molar refractivity (Wildman–Crippen MR) is 67.7 cm³/mol. The second kappa shape index (κ2) is 5.59. The van der Waals surface area contributed by atoms with Gasteiger partial charge in [0.15, 0.2) is 6.10 Å². The first-order chi connectivity index (χ1) is 8.98. The summed E-state index contributed by atoms with van der Waals surface area (Å²) >= 11 is 0. The van der Waals surface area contributed by atoms with Gasteiger partial charge in [-0.25, -0.2) is 0 Å². The van der Waals surface area contributed by atoms with E-state index in [-0.39, 0.29) is 6.54 Å². The molecule has 0 bridgehead atoms. The van der Waals surface area contributed by atoms with Gasteiger partial charge in [-0.1, -0.05) is 42.5 Å². The number of aliphatic hydroxyl groups excluding tert-OH is 1. The number of rotatable bonds is 4. The average molecular weight is 269 g/mol. The molecule has 0 saturated heterocycles. The van der Waals surface area contributed by atoms with Crippen molar-refractivity contribution >= 4 is 10.8 Å². The van der Waals surface area contributed by atoms with Gasteiger partial charge in [-0.15, -0.1) is 0 Å². The molecule has 0 radical (unpaired) electrons. The molecule has 2 aromatic carbocycles. The lowest BCUT2D eigenvalue weighted by atomic mass is 10.0. The summed E-state index contributed by atoms with van der Waals surface area (Å²) in [5, 5.41) is 13.6. The van der Waals surface area contributed by atoms with Crippen LogP contribution in [-0.2, 0) is 6.54 Å². The minimum Gasteiger partial charge on any atom is -0.382 e. The molecule has 2 nitrogen and oxygen atoms in total. The molecule has 1 atom stereocenters. The second-order valence-electron chi connectivity index (χ2n) is 4.33. The van der Waals surface area contributed by atoms with Crippen LogP contribution in [0.5, 0.6) is 0 Å². The molecule has 2 aromatic rings. The van der Waals surface area contributed by atoms with E-state index in [0.717, 1.165) is 16.3 Å². The van der Waals surface area contributed by atoms with Crippen LogP contribution >= 0.6 is 0 Å². The Morgan fingerprint density at radius 3 is 2.47 bits per heavy atom. The summed E-state index contributed by atoms with van der Waals surface area (Å²) in [5.74, 6) is 0. The molecule has 2 N–H and O–H groups in total. The molecule has 0 aromatic heterocycles. The van der Waals surface area contributed by atoms with Gasteiger partial charge in [0.1, 0.15) is 0 Å². The van der Waals surface area contributed by atoms with Gasteiger partial charge in [-0.2, -0.15) is 13.2 Å². The summed E-state index contributed by atoms with van der Waals surface area (Å²) in [6.45, 7) is -0.221. The number of nitrogens with one attached hydrogen (secondary N) is 1. The SMILES string of the molecule is OC(CNCc1cccc2ccccc12)C(F)(F)F. The number of hydrogen-bond acceptors (Lipinski definition) is 2. The van der Waals surface area contributed by atoms with Crippen LogP contribution in [0.25, 0.3) is 10.8 Å². The molecule has 2 rings (SSSR count). The summed E-state index contributed by atoms with van der Waals surface area (Å²) in [5.41, 5.74) is 0.910. The molecule has 19 heavy (non-hydrogen) atoms. The zero-order chi connectivity index (χ0) is 13.9. The number of alkyl halides is 3. The van der Waals surface area contributed by atoms with E-state index in [4.69, 9.17) is 5.11 Å². The maximum Gasteiger partial charge on any atom is 0.415 e. The molecule has 0 aliphatic heterocycles. The number of benzene rings is 2. The number of hydrogen-bond donors (Lipinski definition) is 2. The summed E-state index contributed by atoms with van der Waals surface area (Å²) in [6.07, 6.45) is -6.91. The predicted octanol–water partition coefficient (Wildman–Crippen LogP) is 2.85. The highest BCUT2D eigenvalue weighted by Gasteiger charge is 2.37. The highest BCUT2D eigenvalue weighted by molar-refractivity contribution is 5.85. The van der Waals surface area contributed by atoms with Crippen molar-refractivity contribution in [1.29, 1.82) is 0 Å². The molecule has 0 fully saturated rings. The van der Waals surface area contributed by atoms with E-state index < -0.39 is 18.8 Å². The van der Waals surface area contributed by atoms with E-state index in [2.05, 4.69) is 5.32 Å². The summed E-state index contributed by atoms with van der Waals surface area (Å²) in [6, 6.07) is 13.3. The minimum atomic E-state index is -4.58. The van der Waals surface area contributed by atoms with Crippen molar-refractivity contribution < 1.29 is 18.3 Å². The Hall–Kier alpha value is -1.59. The van der Waals surface area contributed by atoms with Gasteiger partial charge in [0, 0.05) is 13.1 Å². The van der Waals surface area contributed by atoms with Gasteiger partial charge < -0.3 is 10.4 Å². The molecule has 0 aliphatic rings. The van der Waals surface area contributed by atoms with Crippen LogP contribution in [0, 0.1) is 0 Å². The van der Waals surface area contributed by atoms with Gasteiger partial charge in [0.05, 0.1) is 0 Å². The third kappa shape index (κ3) is 3.45. The Bertz CT molecular complexity index is 548. The average Bonchev–Trinajstić information content (AvgIpc) is 2.38. The first-order valence-corrected chi connectivity index (χ1v) is 5.90. The van der Waals surface area contributed by atoms with Gasteiger partial charge in [-0.3, -0.25) is 0 Å². The number of aliphatic hydroxyl groups is 1.